The number of rotatable bonds is 7. The lowest BCUT2D eigenvalue weighted by Crippen LogP contribution is -2.57. The van der Waals surface area contributed by atoms with Gasteiger partial charge in [-0.15, -0.1) is 0 Å². The number of fused-ring (bicyclic) bond motifs is 7. The molecule has 8 heteroatoms. The molecular formula is C33H28N4O4. The third-order valence-electron chi connectivity index (χ3n) is 8.09. The second-order valence-electron chi connectivity index (χ2n) is 10.5. The first-order valence-corrected chi connectivity index (χ1v) is 13.7. The van der Waals surface area contributed by atoms with Crippen LogP contribution in [0.4, 0.5) is 0 Å². The van der Waals surface area contributed by atoms with Gasteiger partial charge in [0.2, 0.25) is 11.8 Å². The number of furan rings is 1. The highest BCUT2D eigenvalue weighted by molar-refractivity contribution is 6.04. The summed E-state index contributed by atoms with van der Waals surface area (Å²) in [6.07, 6.45) is 2.20. The highest BCUT2D eigenvalue weighted by Crippen LogP contribution is 2.46. The number of hydrogen-bond acceptors (Lipinski definition) is 4. The van der Waals surface area contributed by atoms with Gasteiger partial charge < -0.3 is 24.9 Å². The summed E-state index contributed by atoms with van der Waals surface area (Å²) in [6.45, 7) is 0.205. The quantitative estimate of drug-likeness (QED) is 0.284. The van der Waals surface area contributed by atoms with Gasteiger partial charge in [-0.3, -0.25) is 14.4 Å². The lowest BCUT2D eigenvalue weighted by atomic mass is 9.89. The molecule has 8 nitrogen and oxygen atoms in total. The lowest BCUT2D eigenvalue weighted by molar-refractivity contribution is -0.132. The summed E-state index contributed by atoms with van der Waals surface area (Å²) in [4.78, 5) is 46.5. The molecule has 4 heterocycles. The van der Waals surface area contributed by atoms with Crippen LogP contribution >= 0.6 is 0 Å². The Morgan fingerprint density at radius 2 is 1.73 bits per heavy atom. The fourth-order valence-corrected chi connectivity index (χ4v) is 6.17. The number of aromatic amines is 1. The van der Waals surface area contributed by atoms with Crippen molar-refractivity contribution in [1.82, 2.24) is 20.5 Å². The van der Waals surface area contributed by atoms with Gasteiger partial charge in [-0.25, -0.2) is 0 Å². The van der Waals surface area contributed by atoms with Crippen molar-refractivity contribution >= 4 is 28.6 Å². The summed E-state index contributed by atoms with van der Waals surface area (Å²) in [5.41, 5.74) is 5.31. The van der Waals surface area contributed by atoms with Crippen LogP contribution in [0.2, 0.25) is 0 Å². The monoisotopic (exact) mass is 544 g/mol. The molecule has 2 aromatic heterocycles. The topological polar surface area (TPSA) is 107 Å². The van der Waals surface area contributed by atoms with Crippen molar-refractivity contribution in [2.24, 2.45) is 0 Å². The number of nitrogens with zero attached hydrogens (tertiary/aromatic N) is 1. The minimum absolute atomic E-state index is 0.183. The van der Waals surface area contributed by atoms with E-state index in [0.717, 1.165) is 33.3 Å². The third kappa shape index (κ3) is 4.37. The minimum atomic E-state index is -0.845. The van der Waals surface area contributed by atoms with Crippen LogP contribution in [0.15, 0.2) is 102 Å². The van der Waals surface area contributed by atoms with Gasteiger partial charge in [-0.2, -0.15) is 0 Å². The molecule has 0 fully saturated rings. The second-order valence-corrected chi connectivity index (χ2v) is 10.5. The second kappa shape index (κ2) is 10.1. The van der Waals surface area contributed by atoms with E-state index in [-0.39, 0.29) is 24.3 Å². The highest BCUT2D eigenvalue weighted by atomic mass is 16.3. The van der Waals surface area contributed by atoms with Crippen molar-refractivity contribution in [2.45, 2.75) is 37.5 Å². The summed E-state index contributed by atoms with van der Waals surface area (Å²) < 4.78 is 5.36. The molecular weight excluding hydrogens is 516 g/mol. The van der Waals surface area contributed by atoms with E-state index in [0.29, 0.717) is 24.2 Å². The zero-order valence-electron chi connectivity index (χ0n) is 22.2. The molecule has 0 saturated carbocycles. The number of para-hydroxylation sites is 1. The van der Waals surface area contributed by atoms with Crippen molar-refractivity contribution < 1.29 is 18.8 Å². The molecule has 0 saturated heterocycles. The molecule has 0 unspecified atom stereocenters. The number of benzene rings is 3. The van der Waals surface area contributed by atoms with Crippen LogP contribution in [-0.2, 0) is 29.0 Å². The summed E-state index contributed by atoms with van der Waals surface area (Å²) >= 11 is 0. The van der Waals surface area contributed by atoms with Crippen LogP contribution in [0.5, 0.6) is 0 Å². The zero-order valence-corrected chi connectivity index (χ0v) is 22.2. The van der Waals surface area contributed by atoms with Crippen LogP contribution in [0.1, 0.15) is 44.5 Å². The Kier molecular flexibility index (Phi) is 6.15. The average Bonchev–Trinajstić information content (AvgIpc) is 3.73. The molecule has 7 rings (SSSR count). The van der Waals surface area contributed by atoms with Gasteiger partial charge in [0.25, 0.3) is 5.91 Å². The maximum absolute atomic E-state index is 14.1. The Labute approximate surface area is 236 Å². The largest absolute Gasteiger partial charge is 0.467 e. The molecule has 0 spiro atoms. The van der Waals surface area contributed by atoms with Gasteiger partial charge in [0.15, 0.2) is 0 Å². The van der Waals surface area contributed by atoms with Crippen LogP contribution in [0, 0.1) is 0 Å². The summed E-state index contributed by atoms with van der Waals surface area (Å²) in [6, 6.07) is 26.6. The Morgan fingerprint density at radius 3 is 2.56 bits per heavy atom. The Bertz CT molecular complexity index is 1760. The van der Waals surface area contributed by atoms with Gasteiger partial charge in [-0.1, -0.05) is 66.7 Å². The van der Waals surface area contributed by atoms with E-state index in [2.05, 4.69) is 15.6 Å². The van der Waals surface area contributed by atoms with E-state index in [1.807, 2.05) is 78.9 Å². The first-order chi connectivity index (χ1) is 20.1. The van der Waals surface area contributed by atoms with Crippen molar-refractivity contribution in [3.8, 4) is 0 Å². The smallest absolute Gasteiger partial charge is 0.255 e. The number of nitrogens with one attached hydrogen (secondary N) is 3. The molecule has 3 aromatic carbocycles. The molecule has 5 aromatic rings. The van der Waals surface area contributed by atoms with Gasteiger partial charge in [0.05, 0.1) is 18.8 Å². The third-order valence-corrected chi connectivity index (χ3v) is 8.09. The molecule has 3 N–H and O–H groups in total. The van der Waals surface area contributed by atoms with E-state index >= 15 is 0 Å². The predicted octanol–water partition coefficient (Wildman–Crippen LogP) is 4.27. The predicted molar refractivity (Wildman–Crippen MR) is 153 cm³/mol. The van der Waals surface area contributed by atoms with Crippen LogP contribution in [0.25, 0.3) is 10.9 Å². The van der Waals surface area contributed by atoms with Crippen molar-refractivity contribution in [3.05, 3.63) is 131 Å². The van der Waals surface area contributed by atoms with Crippen LogP contribution < -0.4 is 10.6 Å². The molecule has 41 heavy (non-hydrogen) atoms. The van der Waals surface area contributed by atoms with E-state index < -0.39 is 18.1 Å². The molecule has 3 amide bonds. The molecule has 204 valence electrons. The van der Waals surface area contributed by atoms with Crippen LogP contribution in [-0.4, -0.2) is 39.7 Å². The van der Waals surface area contributed by atoms with Gasteiger partial charge >= 0.3 is 0 Å². The Hall–Kier alpha value is -5.11. The molecule has 3 atom stereocenters. The molecule has 2 aliphatic rings. The van der Waals surface area contributed by atoms with E-state index in [4.69, 9.17) is 4.42 Å². The normalized spacial score (nSPS) is 18.0. The molecule has 0 radical (unpaired) electrons. The maximum Gasteiger partial charge on any atom is 0.255 e. The first kappa shape index (κ1) is 24.9. The molecule has 0 bridgehead atoms. The Morgan fingerprint density at radius 1 is 0.951 bits per heavy atom. The molecule has 0 aliphatic carbocycles. The Balaban J connectivity index is 1.22. The number of H-pyrrole nitrogens is 1. The van der Waals surface area contributed by atoms with Gasteiger partial charge in [-0.05, 0) is 41.0 Å². The summed E-state index contributed by atoms with van der Waals surface area (Å²) in [5, 5.41) is 6.93. The van der Waals surface area contributed by atoms with Gasteiger partial charge in [0, 0.05) is 35.0 Å². The van der Waals surface area contributed by atoms with Gasteiger partial charge in [0.1, 0.15) is 17.8 Å². The fraction of sp³-hybridized carbons (Fsp3) is 0.182. The minimum Gasteiger partial charge on any atom is -0.467 e. The molecule has 2 aliphatic heterocycles. The van der Waals surface area contributed by atoms with E-state index in [1.165, 1.54) is 0 Å². The first-order valence-electron chi connectivity index (χ1n) is 13.7. The lowest BCUT2D eigenvalue weighted by Gasteiger charge is -2.37. The number of amides is 3. The summed E-state index contributed by atoms with van der Waals surface area (Å²) in [5.74, 6) is -0.251. The highest BCUT2D eigenvalue weighted by Gasteiger charge is 2.49. The average molecular weight is 545 g/mol. The van der Waals surface area contributed by atoms with E-state index in [9.17, 15) is 14.4 Å². The maximum atomic E-state index is 14.1. The standard InChI is InChI=1S/C33H28N4O4/c38-31(34-19-21-11-8-16-41-21)27(17-20-9-2-1-3-10-20)36-32(39)28-18-25-22-12-6-7-15-26(22)35-29(25)30-23-13-4-5-14-24(23)33(40)37(28)30/h1-16,27-28,30,35H,17-19H2,(H,34,38)(H,36,39)/t27-,28-,30-/m0/s1. The van der Waals surface area contributed by atoms with Crippen molar-refractivity contribution in [2.75, 3.05) is 0 Å². The summed E-state index contributed by atoms with van der Waals surface area (Å²) in [7, 11) is 0. The number of carbonyl (C=O) groups is 3. The fourth-order valence-electron chi connectivity index (χ4n) is 6.17. The van der Waals surface area contributed by atoms with Crippen molar-refractivity contribution in [1.29, 1.82) is 0 Å². The van der Waals surface area contributed by atoms with E-state index in [1.54, 1.807) is 23.3 Å². The van der Waals surface area contributed by atoms with Crippen molar-refractivity contribution in [3.63, 3.8) is 0 Å². The SMILES string of the molecule is O=C(NCc1ccco1)[C@H](Cc1ccccc1)NC(=O)[C@@H]1Cc2c([nH]c3ccccc23)[C@@H]2c3ccccc3C(=O)N21. The van der Waals surface area contributed by atoms with Crippen LogP contribution in [0.3, 0.4) is 0 Å². The number of carbonyl (C=O) groups excluding carboxylic acids is 3. The number of hydrogen-bond donors (Lipinski definition) is 3. The number of aromatic nitrogens is 1. The zero-order chi connectivity index (χ0) is 27.9.